The molecule has 0 amide bonds. The summed E-state index contributed by atoms with van der Waals surface area (Å²) in [5, 5.41) is 11.1. The van der Waals surface area contributed by atoms with Gasteiger partial charge in [-0.15, -0.1) is 24.0 Å². The van der Waals surface area contributed by atoms with Gasteiger partial charge in [-0.2, -0.15) is 5.10 Å². The average molecular weight is 460 g/mol. The topological polar surface area (TPSA) is 75.3 Å². The van der Waals surface area contributed by atoms with Crippen molar-refractivity contribution in [1.29, 1.82) is 0 Å². The fourth-order valence-electron chi connectivity index (χ4n) is 2.65. The van der Waals surface area contributed by atoms with Gasteiger partial charge in [-0.1, -0.05) is 0 Å². The zero-order chi connectivity index (χ0) is 17.9. The quantitative estimate of drug-likeness (QED) is 0.400. The molecule has 0 fully saturated rings. The first-order valence-corrected chi connectivity index (χ1v) is 7.96. The smallest absolute Gasteiger partial charge is 0.204 e. The largest absolute Gasteiger partial charge is 0.352 e. The Labute approximate surface area is 166 Å². The normalized spacial score (nSPS) is 11.2. The zero-order valence-electron chi connectivity index (χ0n) is 16.1. The SMILES string of the molecule is CN=C(NCc1c(C)nn(C)c1C)NCc1cnc(N(C)C)n1C.I. The molecule has 0 aliphatic carbocycles. The van der Waals surface area contributed by atoms with E-state index in [1.165, 1.54) is 5.56 Å². The molecule has 2 N–H and O–H groups in total. The monoisotopic (exact) mass is 460 g/mol. The lowest BCUT2D eigenvalue weighted by Gasteiger charge is -2.14. The Morgan fingerprint density at radius 2 is 1.84 bits per heavy atom. The van der Waals surface area contributed by atoms with E-state index >= 15 is 0 Å². The van der Waals surface area contributed by atoms with Gasteiger partial charge in [0.1, 0.15) is 0 Å². The molecule has 0 saturated heterocycles. The van der Waals surface area contributed by atoms with E-state index < -0.39 is 0 Å². The number of aryl methyl sites for hydroxylation is 2. The number of guanidine groups is 1. The molecule has 0 aliphatic rings. The van der Waals surface area contributed by atoms with Gasteiger partial charge < -0.3 is 20.1 Å². The molecule has 2 heterocycles. The van der Waals surface area contributed by atoms with Crippen LogP contribution in [0.5, 0.6) is 0 Å². The van der Waals surface area contributed by atoms with Crippen LogP contribution in [0.4, 0.5) is 5.95 Å². The first kappa shape index (κ1) is 21.3. The summed E-state index contributed by atoms with van der Waals surface area (Å²) in [7, 11) is 9.71. The minimum atomic E-state index is 0. The number of nitrogens with zero attached hydrogens (tertiary/aromatic N) is 6. The summed E-state index contributed by atoms with van der Waals surface area (Å²) in [5.74, 6) is 1.68. The van der Waals surface area contributed by atoms with E-state index in [1.54, 1.807) is 7.05 Å². The van der Waals surface area contributed by atoms with Gasteiger partial charge in [0.25, 0.3) is 0 Å². The summed E-state index contributed by atoms with van der Waals surface area (Å²) < 4.78 is 3.97. The molecule has 0 bridgehead atoms. The standard InChI is InChI=1S/C16H28N8.HI/c1-11-14(12(2)24(7)21-11)10-19-15(17-3)18-8-13-9-20-16(22(4)5)23(13)6;/h9H,8,10H2,1-7H3,(H2,17,18,19);1H. The number of aliphatic imine (C=N–C) groups is 1. The van der Waals surface area contributed by atoms with Gasteiger partial charge in [0.15, 0.2) is 5.96 Å². The number of nitrogens with one attached hydrogen (secondary N) is 2. The first-order chi connectivity index (χ1) is 11.3. The molecule has 0 unspecified atom stereocenters. The van der Waals surface area contributed by atoms with Crippen LogP contribution in [0.1, 0.15) is 22.6 Å². The molecule has 2 aromatic rings. The maximum absolute atomic E-state index is 4.44. The zero-order valence-corrected chi connectivity index (χ0v) is 18.4. The van der Waals surface area contributed by atoms with Gasteiger partial charge in [0.05, 0.1) is 24.1 Å². The van der Waals surface area contributed by atoms with Gasteiger partial charge in [-0.3, -0.25) is 9.67 Å². The van der Waals surface area contributed by atoms with Gasteiger partial charge in [0, 0.05) is 53.0 Å². The van der Waals surface area contributed by atoms with Crippen molar-refractivity contribution in [2.75, 3.05) is 26.0 Å². The highest BCUT2D eigenvalue weighted by molar-refractivity contribution is 14.0. The number of halogens is 1. The lowest BCUT2D eigenvalue weighted by Crippen LogP contribution is -2.37. The van der Waals surface area contributed by atoms with Gasteiger partial charge >= 0.3 is 0 Å². The van der Waals surface area contributed by atoms with Gasteiger partial charge in [-0.25, -0.2) is 4.98 Å². The second-order valence-electron chi connectivity index (χ2n) is 6.06. The van der Waals surface area contributed by atoms with Crippen LogP contribution in [0.25, 0.3) is 0 Å². The number of hydrogen-bond acceptors (Lipinski definition) is 4. The second-order valence-corrected chi connectivity index (χ2v) is 6.06. The molecule has 25 heavy (non-hydrogen) atoms. The van der Waals surface area contributed by atoms with Crippen molar-refractivity contribution in [3.8, 4) is 0 Å². The summed E-state index contributed by atoms with van der Waals surface area (Å²) in [4.78, 5) is 10.7. The van der Waals surface area contributed by atoms with Crippen molar-refractivity contribution in [1.82, 2.24) is 30.0 Å². The van der Waals surface area contributed by atoms with Crippen LogP contribution in [0.3, 0.4) is 0 Å². The molecule has 0 aromatic carbocycles. The summed E-state index contributed by atoms with van der Waals surface area (Å²) >= 11 is 0. The highest BCUT2D eigenvalue weighted by Crippen LogP contribution is 2.12. The van der Waals surface area contributed by atoms with E-state index in [4.69, 9.17) is 0 Å². The number of hydrogen-bond donors (Lipinski definition) is 2. The van der Waals surface area contributed by atoms with Crippen LogP contribution < -0.4 is 15.5 Å². The molecule has 0 radical (unpaired) electrons. The van der Waals surface area contributed by atoms with Crippen molar-refractivity contribution in [2.24, 2.45) is 19.1 Å². The van der Waals surface area contributed by atoms with Crippen LogP contribution >= 0.6 is 24.0 Å². The molecule has 0 atom stereocenters. The van der Waals surface area contributed by atoms with Gasteiger partial charge in [0.2, 0.25) is 5.95 Å². The Morgan fingerprint density at radius 3 is 2.32 bits per heavy atom. The predicted octanol–water partition coefficient (Wildman–Crippen LogP) is 1.32. The highest BCUT2D eigenvalue weighted by Gasteiger charge is 2.11. The highest BCUT2D eigenvalue weighted by atomic mass is 127. The molecular weight excluding hydrogens is 431 g/mol. The molecule has 9 heteroatoms. The molecule has 140 valence electrons. The molecule has 8 nitrogen and oxygen atoms in total. The third-order valence-electron chi connectivity index (χ3n) is 4.21. The lowest BCUT2D eigenvalue weighted by atomic mass is 10.2. The van der Waals surface area contributed by atoms with Gasteiger partial charge in [-0.05, 0) is 13.8 Å². The van der Waals surface area contributed by atoms with Crippen LogP contribution in [0, 0.1) is 13.8 Å². The molecule has 0 spiro atoms. The van der Waals surface area contributed by atoms with Crippen molar-refractivity contribution in [3.05, 3.63) is 28.8 Å². The summed E-state index contributed by atoms with van der Waals surface area (Å²) in [6.45, 7) is 5.45. The number of imidazole rings is 1. The lowest BCUT2D eigenvalue weighted by molar-refractivity contribution is 0.726. The maximum Gasteiger partial charge on any atom is 0.204 e. The molecule has 2 rings (SSSR count). The first-order valence-electron chi connectivity index (χ1n) is 7.96. The van der Waals surface area contributed by atoms with E-state index in [9.17, 15) is 0 Å². The number of rotatable bonds is 5. The number of anilines is 1. The van der Waals surface area contributed by atoms with E-state index in [-0.39, 0.29) is 24.0 Å². The average Bonchev–Trinajstić information content (AvgIpc) is 3.01. The fourth-order valence-corrected chi connectivity index (χ4v) is 2.65. The Balaban J connectivity index is 0.00000312. The Hall–Kier alpha value is -1.78. The van der Waals surface area contributed by atoms with E-state index in [0.717, 1.165) is 29.0 Å². The summed E-state index contributed by atoms with van der Waals surface area (Å²) in [6, 6.07) is 0. The van der Waals surface area contributed by atoms with Crippen LogP contribution in [0.2, 0.25) is 0 Å². The van der Waals surface area contributed by atoms with Crippen molar-refractivity contribution >= 4 is 35.9 Å². The molecule has 0 aliphatic heterocycles. The van der Waals surface area contributed by atoms with Crippen molar-refractivity contribution in [3.63, 3.8) is 0 Å². The second kappa shape index (κ2) is 9.07. The van der Waals surface area contributed by atoms with Crippen molar-refractivity contribution in [2.45, 2.75) is 26.9 Å². The Kier molecular flexibility index (Phi) is 7.71. The van der Waals surface area contributed by atoms with Crippen LogP contribution in [-0.4, -0.2) is 46.4 Å². The van der Waals surface area contributed by atoms with E-state index in [1.807, 2.05) is 50.9 Å². The Morgan fingerprint density at radius 1 is 1.20 bits per heavy atom. The minimum absolute atomic E-state index is 0. The van der Waals surface area contributed by atoms with E-state index in [2.05, 4.69) is 37.2 Å². The third-order valence-corrected chi connectivity index (χ3v) is 4.21. The van der Waals surface area contributed by atoms with Crippen molar-refractivity contribution < 1.29 is 0 Å². The molecule has 2 aromatic heterocycles. The summed E-state index contributed by atoms with van der Waals surface area (Å²) in [5.41, 5.74) is 4.50. The molecular formula is C16H29IN8. The molecule has 0 saturated carbocycles. The number of aromatic nitrogens is 4. The fraction of sp³-hybridized carbons (Fsp3) is 0.562. The maximum atomic E-state index is 4.44. The Bertz CT molecular complexity index is 729. The summed E-state index contributed by atoms with van der Waals surface area (Å²) in [6.07, 6.45) is 1.88. The van der Waals surface area contributed by atoms with Crippen LogP contribution in [-0.2, 0) is 27.2 Å². The minimum Gasteiger partial charge on any atom is -0.352 e. The van der Waals surface area contributed by atoms with Crippen LogP contribution in [0.15, 0.2) is 11.2 Å². The third kappa shape index (κ3) is 4.86. The predicted molar refractivity (Wildman–Crippen MR) is 113 cm³/mol. The van der Waals surface area contributed by atoms with E-state index in [0.29, 0.717) is 13.1 Å².